The molecule has 3 N–H and O–H groups in total. The fraction of sp³-hybridized carbons (Fsp3) is 0.0435. The molecule has 31 heavy (non-hydrogen) atoms. The number of nitrogens with zero attached hydrogens (tertiary/aromatic N) is 3. The maximum Gasteiger partial charge on any atom is 0.273 e. The molecule has 0 aliphatic carbocycles. The van der Waals surface area contributed by atoms with E-state index in [2.05, 4.69) is 4.99 Å². The second-order valence-corrected chi connectivity index (χ2v) is 6.75. The van der Waals surface area contributed by atoms with Crippen molar-refractivity contribution in [3.8, 4) is 17.6 Å². The molecule has 0 fully saturated rings. The highest BCUT2D eigenvalue weighted by Gasteiger charge is 2.37. The minimum Gasteiger partial charge on any atom is -0.507 e. The van der Waals surface area contributed by atoms with E-state index in [1.165, 1.54) is 24.3 Å². The molecule has 1 aliphatic rings. The molecule has 1 heterocycles. The number of phenolic OH excluding ortho intramolecular Hbond substituents is 1. The molecule has 8 nitrogen and oxygen atoms in total. The van der Waals surface area contributed by atoms with Gasteiger partial charge in [0, 0.05) is 23.4 Å². The summed E-state index contributed by atoms with van der Waals surface area (Å²) >= 11 is 0. The monoisotopic (exact) mass is 412 g/mol. The summed E-state index contributed by atoms with van der Waals surface area (Å²) in [4.78, 5) is 15.5. The van der Waals surface area contributed by atoms with Crippen LogP contribution < -0.4 is 10.5 Å². The Hall–Kier alpha value is -4.64. The Morgan fingerprint density at radius 3 is 2.55 bits per heavy atom. The highest BCUT2D eigenvalue weighted by molar-refractivity contribution is 5.88. The molecule has 4 rings (SSSR count). The number of nitro groups is 1. The molecule has 0 unspecified atom stereocenters. The third kappa shape index (κ3) is 3.56. The summed E-state index contributed by atoms with van der Waals surface area (Å²) in [7, 11) is 0. The van der Waals surface area contributed by atoms with Gasteiger partial charge in [-0.15, -0.1) is 0 Å². The number of rotatable bonds is 4. The lowest BCUT2D eigenvalue weighted by Crippen LogP contribution is -2.22. The number of aromatic hydroxyl groups is 1. The molecular weight excluding hydrogens is 396 g/mol. The second kappa shape index (κ2) is 8.00. The number of hydrogen-bond donors (Lipinski definition) is 2. The number of hydrogen-bond acceptors (Lipinski definition) is 7. The fourth-order valence-corrected chi connectivity index (χ4v) is 3.54. The van der Waals surface area contributed by atoms with Crippen molar-refractivity contribution < 1.29 is 14.8 Å². The van der Waals surface area contributed by atoms with Crippen LogP contribution in [0.4, 0.5) is 11.4 Å². The molecule has 152 valence electrons. The van der Waals surface area contributed by atoms with E-state index in [-0.39, 0.29) is 39.8 Å². The number of nitro benzene ring substituents is 1. The number of fused-ring (bicyclic) bond motifs is 1. The van der Waals surface area contributed by atoms with E-state index in [1.54, 1.807) is 18.3 Å². The van der Waals surface area contributed by atoms with Crippen LogP contribution in [0.3, 0.4) is 0 Å². The predicted molar refractivity (Wildman–Crippen MR) is 114 cm³/mol. The van der Waals surface area contributed by atoms with Crippen LogP contribution in [-0.4, -0.2) is 16.2 Å². The van der Waals surface area contributed by atoms with Gasteiger partial charge in [-0.3, -0.25) is 15.1 Å². The van der Waals surface area contributed by atoms with Gasteiger partial charge in [0.25, 0.3) is 5.69 Å². The summed E-state index contributed by atoms with van der Waals surface area (Å²) in [5.74, 6) is -1.13. The van der Waals surface area contributed by atoms with Gasteiger partial charge in [0.1, 0.15) is 23.1 Å². The number of nitrogens with two attached hydrogens (primary N) is 1. The number of phenols is 1. The maximum atomic E-state index is 11.6. The molecule has 1 atom stereocenters. The number of allylic oxidation sites excluding steroid dienone is 1. The minimum absolute atomic E-state index is 0.0192. The lowest BCUT2D eigenvalue weighted by molar-refractivity contribution is -0.385. The quantitative estimate of drug-likeness (QED) is 0.373. The summed E-state index contributed by atoms with van der Waals surface area (Å²) in [6.45, 7) is 0. The summed E-state index contributed by atoms with van der Waals surface area (Å²) in [5.41, 5.74) is 7.46. The molecular formula is C23H16N4O4. The van der Waals surface area contributed by atoms with Gasteiger partial charge in [0.05, 0.1) is 22.1 Å². The Kier molecular flexibility index (Phi) is 5.08. The van der Waals surface area contributed by atoms with Crippen LogP contribution >= 0.6 is 0 Å². The fourth-order valence-electron chi connectivity index (χ4n) is 3.54. The average molecular weight is 412 g/mol. The van der Waals surface area contributed by atoms with Crippen molar-refractivity contribution in [1.82, 2.24) is 0 Å². The Morgan fingerprint density at radius 2 is 1.84 bits per heavy atom. The van der Waals surface area contributed by atoms with Gasteiger partial charge < -0.3 is 15.6 Å². The van der Waals surface area contributed by atoms with Crippen molar-refractivity contribution in [3.63, 3.8) is 0 Å². The van der Waals surface area contributed by atoms with Gasteiger partial charge in [-0.25, -0.2) is 0 Å². The van der Waals surface area contributed by atoms with Crippen molar-refractivity contribution in [2.45, 2.75) is 5.92 Å². The van der Waals surface area contributed by atoms with Crippen molar-refractivity contribution in [2.24, 2.45) is 10.7 Å². The summed E-state index contributed by atoms with van der Waals surface area (Å²) in [5, 5.41) is 32.0. The Bertz CT molecular complexity index is 1280. The molecule has 0 spiro atoms. The standard InChI is InChI=1S/C23H16N4O4/c24-12-17-20(16-8-4-5-9-18(16)27(29)30)21-19(28)11-10-14(22(21)31-23(17)25)13-26-15-6-2-1-3-7-15/h1-11,13,20,28H,25H2/t20-/m0/s1. The first-order chi connectivity index (χ1) is 15.0. The van der Waals surface area contributed by atoms with E-state index in [1.807, 2.05) is 36.4 Å². The minimum atomic E-state index is -0.972. The van der Waals surface area contributed by atoms with E-state index in [0.717, 1.165) is 0 Å². The molecule has 1 aliphatic heterocycles. The van der Waals surface area contributed by atoms with E-state index in [0.29, 0.717) is 11.3 Å². The van der Waals surface area contributed by atoms with Gasteiger partial charge in [-0.05, 0) is 24.3 Å². The zero-order valence-corrected chi connectivity index (χ0v) is 16.1. The highest BCUT2D eigenvalue weighted by atomic mass is 16.6. The third-order valence-corrected chi connectivity index (χ3v) is 4.93. The third-order valence-electron chi connectivity index (χ3n) is 4.93. The largest absolute Gasteiger partial charge is 0.507 e. The maximum absolute atomic E-state index is 11.6. The Labute approximate surface area is 177 Å². The van der Waals surface area contributed by atoms with Crippen molar-refractivity contribution >= 4 is 17.6 Å². The van der Waals surface area contributed by atoms with Gasteiger partial charge in [0.15, 0.2) is 0 Å². The lowest BCUT2D eigenvalue weighted by atomic mass is 9.81. The van der Waals surface area contributed by atoms with E-state index in [9.17, 15) is 20.5 Å². The van der Waals surface area contributed by atoms with Gasteiger partial charge in [-0.1, -0.05) is 36.4 Å². The van der Waals surface area contributed by atoms with Gasteiger partial charge in [-0.2, -0.15) is 5.26 Å². The predicted octanol–water partition coefficient (Wildman–Crippen LogP) is 4.27. The molecule has 0 radical (unpaired) electrons. The highest BCUT2D eigenvalue weighted by Crippen LogP contribution is 2.49. The summed E-state index contributed by atoms with van der Waals surface area (Å²) in [6.07, 6.45) is 1.55. The number of aliphatic imine (C=N–C) groups is 1. The van der Waals surface area contributed by atoms with Crippen LogP contribution in [0.2, 0.25) is 0 Å². The number of ether oxygens (including phenoxy) is 1. The SMILES string of the molecule is N#CC1=C(N)Oc2c(C=Nc3ccccc3)ccc(O)c2[C@H]1c1ccccc1[N+](=O)[O-]. The zero-order valence-electron chi connectivity index (χ0n) is 16.1. The zero-order chi connectivity index (χ0) is 22.0. The van der Waals surface area contributed by atoms with Gasteiger partial charge >= 0.3 is 0 Å². The first kappa shape index (κ1) is 19.7. The Morgan fingerprint density at radius 1 is 1.13 bits per heavy atom. The van der Waals surface area contributed by atoms with Crippen LogP contribution in [0.15, 0.2) is 83.2 Å². The first-order valence-electron chi connectivity index (χ1n) is 9.27. The summed E-state index contributed by atoms with van der Waals surface area (Å²) < 4.78 is 5.70. The van der Waals surface area contributed by atoms with Crippen LogP contribution in [0.25, 0.3) is 0 Å². The smallest absolute Gasteiger partial charge is 0.273 e. The first-order valence-corrected chi connectivity index (χ1v) is 9.27. The Balaban J connectivity index is 1.93. The normalized spacial score (nSPS) is 15.3. The number of para-hydroxylation sites is 2. The molecule has 8 heteroatoms. The van der Waals surface area contributed by atoms with Crippen LogP contribution in [0.1, 0.15) is 22.6 Å². The number of nitriles is 1. The van der Waals surface area contributed by atoms with Crippen LogP contribution in [-0.2, 0) is 0 Å². The molecule has 0 amide bonds. The topological polar surface area (TPSA) is 135 Å². The van der Waals surface area contributed by atoms with Crippen molar-refractivity contribution in [2.75, 3.05) is 0 Å². The van der Waals surface area contributed by atoms with Crippen molar-refractivity contribution in [3.05, 3.63) is 105 Å². The van der Waals surface area contributed by atoms with Gasteiger partial charge in [0.2, 0.25) is 5.88 Å². The molecule has 0 aromatic heterocycles. The molecule has 0 saturated carbocycles. The van der Waals surface area contributed by atoms with Crippen molar-refractivity contribution in [1.29, 1.82) is 5.26 Å². The van der Waals surface area contributed by atoms with Crippen LogP contribution in [0.5, 0.6) is 11.5 Å². The molecule has 0 bridgehead atoms. The molecule has 3 aromatic carbocycles. The second-order valence-electron chi connectivity index (χ2n) is 6.75. The van der Waals surface area contributed by atoms with E-state index < -0.39 is 10.8 Å². The van der Waals surface area contributed by atoms with E-state index >= 15 is 0 Å². The lowest BCUT2D eigenvalue weighted by Gasteiger charge is -2.27. The molecule has 0 saturated heterocycles. The van der Waals surface area contributed by atoms with E-state index in [4.69, 9.17) is 10.5 Å². The average Bonchev–Trinajstić information content (AvgIpc) is 2.78. The molecule has 3 aromatic rings. The van der Waals surface area contributed by atoms with Crippen LogP contribution in [0, 0.1) is 21.4 Å². The number of benzene rings is 3. The summed E-state index contributed by atoms with van der Waals surface area (Å²) in [6, 6.07) is 20.3.